The molecular weight excluding hydrogens is 763 g/mol. The van der Waals surface area contributed by atoms with Gasteiger partial charge in [0.25, 0.3) is 0 Å². The van der Waals surface area contributed by atoms with E-state index in [0.29, 0.717) is 38.6 Å². The Bertz CT molecular complexity index is 1540. The first-order valence-electron chi connectivity index (χ1n) is 20.4. The summed E-state index contributed by atoms with van der Waals surface area (Å²) in [5.41, 5.74) is 23.0. The first-order valence-corrected chi connectivity index (χ1v) is 20.4. The number of aliphatic imine (C=N–C) groups is 1. The SMILES string of the molecule is CCCCC(NC(=O)C(C)NC(=O)C(CCC(=O)O)NC(=O)C(Cc1ccccc1)NCC(CC(C)C)NC(=O)C(NC(=O)C(N)CCCN=C(N)N)C(C)C)C(N)=O. The monoisotopic (exact) mass is 832 g/mol. The maximum atomic E-state index is 14.0. The quantitative estimate of drug-likeness (QED) is 0.0270. The van der Waals surface area contributed by atoms with E-state index in [1.54, 1.807) is 13.8 Å². The Morgan fingerprint density at radius 2 is 1.34 bits per heavy atom. The van der Waals surface area contributed by atoms with Crippen LogP contribution in [0.3, 0.4) is 0 Å². The zero-order valence-electron chi connectivity index (χ0n) is 35.4. The average molecular weight is 832 g/mol. The number of nitrogens with two attached hydrogens (primary N) is 4. The molecule has 0 aliphatic carbocycles. The average Bonchev–Trinajstić information content (AvgIpc) is 3.16. The number of carbonyl (C=O) groups is 7. The Labute approximate surface area is 347 Å². The highest BCUT2D eigenvalue weighted by atomic mass is 16.4. The van der Waals surface area contributed by atoms with Gasteiger partial charge in [-0.25, -0.2) is 0 Å². The second-order valence-corrected chi connectivity index (χ2v) is 15.6. The lowest BCUT2D eigenvalue weighted by molar-refractivity contribution is -0.138. The smallest absolute Gasteiger partial charge is 0.303 e. The topological polar surface area (TPSA) is 328 Å². The molecule has 19 heteroatoms. The van der Waals surface area contributed by atoms with Crippen LogP contribution in [-0.2, 0) is 40.0 Å². The van der Waals surface area contributed by atoms with Crippen LogP contribution in [0.2, 0.25) is 0 Å². The number of primary amides is 1. The predicted octanol–water partition coefficient (Wildman–Crippen LogP) is -0.746. The molecule has 6 amide bonds. The van der Waals surface area contributed by atoms with Crippen LogP contribution >= 0.6 is 0 Å². The van der Waals surface area contributed by atoms with E-state index in [0.717, 1.165) is 12.0 Å². The summed E-state index contributed by atoms with van der Waals surface area (Å²) in [6.07, 6.45) is 2.40. The second-order valence-electron chi connectivity index (χ2n) is 15.6. The number of carbonyl (C=O) groups excluding carboxylic acids is 6. The highest BCUT2D eigenvalue weighted by Gasteiger charge is 2.32. The van der Waals surface area contributed by atoms with Gasteiger partial charge in [-0.2, -0.15) is 0 Å². The number of unbranched alkanes of at least 4 members (excludes halogenated alkanes) is 1. The van der Waals surface area contributed by atoms with E-state index in [2.05, 4.69) is 36.9 Å². The fraction of sp³-hybridized carbons (Fsp3) is 0.650. The van der Waals surface area contributed by atoms with Crippen molar-refractivity contribution < 1.29 is 38.7 Å². The number of amides is 6. The standard InChI is InChI=1S/C40H69N11O8/c1-7-8-16-29(34(42)54)49-35(55)25(6)47-37(57)30(17-18-32(52)53)50-38(58)31(21-26-13-10-9-11-14-26)46-22-27(20-23(2)3)48-39(59)33(24(4)5)51-36(56)28(41)15-12-19-45-40(43)44/h9-11,13-14,23-25,27-31,33,46H,7-8,12,15-22,41H2,1-6H3,(H2,42,54)(H,47,57)(H,48,59)(H,49,55)(H,50,58)(H,51,56)(H,52,53)(H4,43,44,45). The number of nitrogens with one attached hydrogen (secondary N) is 6. The molecule has 0 aliphatic heterocycles. The van der Waals surface area contributed by atoms with Gasteiger partial charge < -0.3 is 59.9 Å². The van der Waals surface area contributed by atoms with Crippen molar-refractivity contribution in [3.8, 4) is 0 Å². The van der Waals surface area contributed by atoms with Crippen molar-refractivity contribution in [2.45, 2.75) is 142 Å². The molecule has 7 atom stereocenters. The highest BCUT2D eigenvalue weighted by molar-refractivity contribution is 5.95. The van der Waals surface area contributed by atoms with Gasteiger partial charge in [-0.15, -0.1) is 0 Å². The van der Waals surface area contributed by atoms with Gasteiger partial charge in [-0.05, 0) is 62.8 Å². The number of aliphatic carboxylic acids is 1. The van der Waals surface area contributed by atoms with Crippen molar-refractivity contribution in [1.29, 1.82) is 0 Å². The summed E-state index contributed by atoms with van der Waals surface area (Å²) < 4.78 is 0. The number of carboxylic acids is 1. The summed E-state index contributed by atoms with van der Waals surface area (Å²) in [6, 6.07) is 2.37. The lowest BCUT2D eigenvalue weighted by Crippen LogP contribution is -2.59. The minimum absolute atomic E-state index is 0.0622. The van der Waals surface area contributed by atoms with E-state index in [-0.39, 0.29) is 37.2 Å². The Balaban J connectivity index is 3.23. The van der Waals surface area contributed by atoms with Crippen LogP contribution in [0.5, 0.6) is 0 Å². The maximum Gasteiger partial charge on any atom is 0.303 e. The molecule has 1 aromatic carbocycles. The summed E-state index contributed by atoms with van der Waals surface area (Å²) in [5.74, 6) is -5.20. The first-order chi connectivity index (χ1) is 27.7. The van der Waals surface area contributed by atoms with Gasteiger partial charge in [0.1, 0.15) is 24.2 Å². The third-order valence-corrected chi connectivity index (χ3v) is 9.40. The van der Waals surface area contributed by atoms with Crippen LogP contribution in [0.1, 0.15) is 98.5 Å². The molecule has 0 aromatic heterocycles. The Morgan fingerprint density at radius 3 is 1.90 bits per heavy atom. The van der Waals surface area contributed by atoms with Crippen molar-refractivity contribution in [2.75, 3.05) is 13.1 Å². The summed E-state index contributed by atoms with van der Waals surface area (Å²) in [4.78, 5) is 94.5. The number of guanidine groups is 1. The summed E-state index contributed by atoms with van der Waals surface area (Å²) in [5, 5.41) is 26.2. The lowest BCUT2D eigenvalue weighted by atomic mass is 9.99. The van der Waals surface area contributed by atoms with Gasteiger partial charge in [0.05, 0.1) is 12.1 Å². The molecule has 7 unspecified atom stereocenters. The second kappa shape index (κ2) is 27.4. The molecule has 19 nitrogen and oxygen atoms in total. The first kappa shape index (κ1) is 51.7. The minimum Gasteiger partial charge on any atom is -0.481 e. The molecule has 0 heterocycles. The van der Waals surface area contributed by atoms with Crippen LogP contribution in [0.15, 0.2) is 35.3 Å². The summed E-state index contributed by atoms with van der Waals surface area (Å²) >= 11 is 0. The summed E-state index contributed by atoms with van der Waals surface area (Å²) in [7, 11) is 0. The van der Waals surface area contributed by atoms with E-state index >= 15 is 0 Å². The van der Waals surface area contributed by atoms with Crippen molar-refractivity contribution in [3.63, 3.8) is 0 Å². The van der Waals surface area contributed by atoms with Crippen molar-refractivity contribution >= 4 is 47.4 Å². The van der Waals surface area contributed by atoms with Gasteiger partial charge >= 0.3 is 5.97 Å². The molecule has 0 radical (unpaired) electrons. The van der Waals surface area contributed by atoms with Crippen LogP contribution in [0.25, 0.3) is 0 Å². The fourth-order valence-electron chi connectivity index (χ4n) is 6.07. The molecule has 0 bridgehead atoms. The van der Waals surface area contributed by atoms with E-state index in [1.807, 2.05) is 51.1 Å². The van der Waals surface area contributed by atoms with Crippen molar-refractivity contribution in [1.82, 2.24) is 31.9 Å². The zero-order valence-corrected chi connectivity index (χ0v) is 35.4. The number of nitrogens with zero attached hydrogens (tertiary/aromatic N) is 1. The van der Waals surface area contributed by atoms with Crippen molar-refractivity contribution in [2.24, 2.45) is 39.8 Å². The molecule has 0 saturated carbocycles. The van der Waals surface area contributed by atoms with Gasteiger partial charge in [-0.1, -0.05) is 77.8 Å². The van der Waals surface area contributed by atoms with Crippen LogP contribution in [0, 0.1) is 11.8 Å². The highest BCUT2D eigenvalue weighted by Crippen LogP contribution is 2.11. The number of carboxylic acid groups (broad SMARTS) is 1. The van der Waals surface area contributed by atoms with E-state index < -0.39 is 90.1 Å². The predicted molar refractivity (Wildman–Crippen MR) is 225 cm³/mol. The Kier molecular flexibility index (Phi) is 24.0. The van der Waals surface area contributed by atoms with E-state index in [9.17, 15) is 38.7 Å². The van der Waals surface area contributed by atoms with E-state index in [4.69, 9.17) is 22.9 Å². The molecule has 59 heavy (non-hydrogen) atoms. The number of hydrogen-bond acceptors (Lipinski definition) is 10. The Hall–Kier alpha value is -5.30. The van der Waals surface area contributed by atoms with Gasteiger partial charge in [-0.3, -0.25) is 38.6 Å². The molecule has 15 N–H and O–H groups in total. The zero-order chi connectivity index (χ0) is 44.7. The normalized spacial score (nSPS) is 14.7. The van der Waals surface area contributed by atoms with Gasteiger partial charge in [0.2, 0.25) is 35.4 Å². The number of benzene rings is 1. The molecule has 0 saturated heterocycles. The van der Waals surface area contributed by atoms with Crippen LogP contribution in [-0.4, -0.2) is 108 Å². The lowest BCUT2D eigenvalue weighted by Gasteiger charge is -2.29. The third kappa shape index (κ3) is 21.3. The van der Waals surface area contributed by atoms with Gasteiger partial charge in [0, 0.05) is 25.6 Å². The minimum atomic E-state index is -1.35. The molecule has 0 fully saturated rings. The molecule has 1 aromatic rings. The van der Waals surface area contributed by atoms with Crippen molar-refractivity contribution in [3.05, 3.63) is 35.9 Å². The molecule has 0 spiro atoms. The molecule has 332 valence electrons. The van der Waals surface area contributed by atoms with Crippen LogP contribution in [0.4, 0.5) is 0 Å². The third-order valence-electron chi connectivity index (χ3n) is 9.40. The summed E-state index contributed by atoms with van der Waals surface area (Å²) in [6.45, 7) is 11.3. The largest absolute Gasteiger partial charge is 0.481 e. The maximum absolute atomic E-state index is 14.0. The van der Waals surface area contributed by atoms with Gasteiger partial charge in [0.15, 0.2) is 5.96 Å². The Morgan fingerprint density at radius 1 is 0.712 bits per heavy atom. The van der Waals surface area contributed by atoms with E-state index in [1.165, 1.54) is 6.92 Å². The molecule has 0 aliphatic rings. The number of hydrogen-bond donors (Lipinski definition) is 11. The number of rotatable bonds is 29. The van der Waals surface area contributed by atoms with Crippen LogP contribution < -0.4 is 54.8 Å². The molecular formula is C40H69N11O8. The fourth-order valence-corrected chi connectivity index (χ4v) is 6.07. The molecule has 1 rings (SSSR count).